The van der Waals surface area contributed by atoms with Gasteiger partial charge >= 0.3 is 5.97 Å². The van der Waals surface area contributed by atoms with Crippen molar-refractivity contribution in [1.82, 2.24) is 0 Å². The van der Waals surface area contributed by atoms with E-state index in [-0.39, 0.29) is 42.9 Å². The fourth-order valence-corrected chi connectivity index (χ4v) is 6.15. The quantitative estimate of drug-likeness (QED) is 0.697. The van der Waals surface area contributed by atoms with Crippen LogP contribution < -0.4 is 0 Å². The van der Waals surface area contributed by atoms with Crippen LogP contribution in [0.25, 0.3) is 0 Å². The van der Waals surface area contributed by atoms with Crippen molar-refractivity contribution in [2.75, 3.05) is 0 Å². The van der Waals surface area contributed by atoms with Crippen molar-refractivity contribution in [3.8, 4) is 0 Å². The number of carbonyl (C=O) groups excluding carboxylic acids is 2. The predicted octanol–water partition coefficient (Wildman–Crippen LogP) is 2.63. The van der Waals surface area contributed by atoms with Gasteiger partial charge in [-0.15, -0.1) is 0 Å². The van der Waals surface area contributed by atoms with Crippen molar-refractivity contribution in [3.05, 3.63) is 0 Å². The number of hydrogen-bond acceptors (Lipinski definition) is 6. The smallest absolute Gasteiger partial charge is 0.303 e. The normalized spacial score (nSPS) is 49.2. The fourth-order valence-electron chi connectivity index (χ4n) is 6.15. The van der Waals surface area contributed by atoms with Crippen molar-refractivity contribution >= 4 is 11.8 Å². The average molecular weight is 397 g/mol. The summed E-state index contributed by atoms with van der Waals surface area (Å²) in [6.07, 6.45) is 1.22. The van der Waals surface area contributed by atoms with E-state index in [1.807, 2.05) is 6.92 Å². The second kappa shape index (κ2) is 7.06. The molecule has 2 N–H and O–H groups in total. The van der Waals surface area contributed by atoms with Gasteiger partial charge in [0.05, 0.1) is 17.8 Å². The number of esters is 1. The van der Waals surface area contributed by atoms with Crippen LogP contribution in [0.15, 0.2) is 0 Å². The third-order valence-corrected chi connectivity index (χ3v) is 7.56. The molecular weight excluding hydrogens is 360 g/mol. The molecule has 0 spiro atoms. The zero-order valence-electron chi connectivity index (χ0n) is 18.0. The van der Waals surface area contributed by atoms with Gasteiger partial charge in [0.2, 0.25) is 0 Å². The molecule has 2 aliphatic heterocycles. The Hall–Kier alpha value is -0.980. The maximum absolute atomic E-state index is 12.6. The Kier molecular flexibility index (Phi) is 5.48. The van der Waals surface area contributed by atoms with E-state index < -0.39 is 29.0 Å². The van der Waals surface area contributed by atoms with Gasteiger partial charge in [-0.3, -0.25) is 9.59 Å². The summed E-state index contributed by atoms with van der Waals surface area (Å²) < 4.78 is 12.3. The summed E-state index contributed by atoms with van der Waals surface area (Å²) in [4.78, 5) is 24.5. The Labute approximate surface area is 168 Å². The molecule has 6 heteroatoms. The van der Waals surface area contributed by atoms with E-state index in [4.69, 9.17) is 9.47 Å². The summed E-state index contributed by atoms with van der Waals surface area (Å²) in [6, 6.07) is 0. The molecule has 0 radical (unpaired) electrons. The molecule has 1 aliphatic carbocycles. The standard InChI is InChI=1S/C22H36O6/c1-12(2)14-7-10-22(6,28-13(3)23)18-15-11-21(5,26)16(24)8-9-20(4,25)19(27-15)17(14)18/h12,14-15,17-19,25-26H,7-11H2,1-6H3. The first-order valence-electron chi connectivity index (χ1n) is 10.6. The van der Waals surface area contributed by atoms with Crippen LogP contribution in [-0.2, 0) is 19.1 Å². The lowest BCUT2D eigenvalue weighted by molar-refractivity contribution is -0.176. The molecule has 3 rings (SSSR count). The number of ketones is 1. The first-order chi connectivity index (χ1) is 12.8. The predicted molar refractivity (Wildman–Crippen MR) is 103 cm³/mol. The second-order valence-electron chi connectivity index (χ2n) is 10.3. The van der Waals surface area contributed by atoms with Crippen LogP contribution in [0.4, 0.5) is 0 Å². The van der Waals surface area contributed by atoms with E-state index >= 15 is 0 Å². The van der Waals surface area contributed by atoms with E-state index in [1.165, 1.54) is 13.8 Å². The van der Waals surface area contributed by atoms with Gasteiger partial charge in [-0.2, -0.15) is 0 Å². The summed E-state index contributed by atoms with van der Waals surface area (Å²) in [7, 11) is 0. The van der Waals surface area contributed by atoms with Crippen LogP contribution in [0.1, 0.15) is 73.6 Å². The van der Waals surface area contributed by atoms with Gasteiger partial charge in [0.15, 0.2) is 5.78 Å². The SMILES string of the molecule is CC(=O)OC1(C)CCC(C(C)C)C2C3OC(CC(C)(O)C(=O)CCC3(C)O)C21. The van der Waals surface area contributed by atoms with Crippen molar-refractivity contribution in [3.63, 3.8) is 0 Å². The monoisotopic (exact) mass is 396 g/mol. The number of aliphatic hydroxyl groups is 2. The molecule has 2 bridgehead atoms. The maximum atomic E-state index is 12.6. The molecular formula is C22H36O6. The lowest BCUT2D eigenvalue weighted by atomic mass is 9.57. The largest absolute Gasteiger partial charge is 0.459 e. The van der Waals surface area contributed by atoms with E-state index in [0.29, 0.717) is 18.3 Å². The highest BCUT2D eigenvalue weighted by molar-refractivity contribution is 5.86. The van der Waals surface area contributed by atoms with Crippen molar-refractivity contribution in [2.24, 2.45) is 23.7 Å². The van der Waals surface area contributed by atoms with Crippen LogP contribution in [0.3, 0.4) is 0 Å². The van der Waals surface area contributed by atoms with Crippen LogP contribution >= 0.6 is 0 Å². The highest BCUT2D eigenvalue weighted by Crippen LogP contribution is 2.57. The number of hydrogen-bond donors (Lipinski definition) is 2. The van der Waals surface area contributed by atoms with Crippen molar-refractivity contribution in [1.29, 1.82) is 0 Å². The summed E-state index contributed by atoms with van der Waals surface area (Å²) in [5.41, 5.74) is -3.45. The average Bonchev–Trinajstić information content (AvgIpc) is 2.92. The highest BCUT2D eigenvalue weighted by Gasteiger charge is 2.64. The fraction of sp³-hybridized carbons (Fsp3) is 0.909. The highest BCUT2D eigenvalue weighted by atomic mass is 16.6. The lowest BCUT2D eigenvalue weighted by Crippen LogP contribution is -2.56. The van der Waals surface area contributed by atoms with E-state index in [9.17, 15) is 19.8 Å². The molecule has 0 aromatic rings. The van der Waals surface area contributed by atoms with E-state index in [2.05, 4.69) is 13.8 Å². The molecule has 6 nitrogen and oxygen atoms in total. The molecule has 0 amide bonds. The first kappa shape index (κ1) is 21.7. The molecule has 8 unspecified atom stereocenters. The molecule has 28 heavy (non-hydrogen) atoms. The summed E-state index contributed by atoms with van der Waals surface area (Å²) in [6.45, 7) is 11.0. The zero-order chi connectivity index (χ0) is 21.1. The third-order valence-electron chi connectivity index (χ3n) is 7.56. The molecule has 2 saturated heterocycles. The van der Waals surface area contributed by atoms with Gasteiger partial charge in [-0.05, 0) is 51.9 Å². The Morgan fingerprint density at radius 1 is 1.21 bits per heavy atom. The van der Waals surface area contributed by atoms with Gasteiger partial charge < -0.3 is 19.7 Å². The van der Waals surface area contributed by atoms with Crippen molar-refractivity contribution < 1.29 is 29.3 Å². The van der Waals surface area contributed by atoms with Gasteiger partial charge in [0.25, 0.3) is 0 Å². The van der Waals surface area contributed by atoms with Gasteiger partial charge in [-0.1, -0.05) is 13.8 Å². The number of ether oxygens (including phenoxy) is 2. The Balaban J connectivity index is 2.11. The minimum absolute atomic E-state index is 0.00195. The maximum Gasteiger partial charge on any atom is 0.303 e. The van der Waals surface area contributed by atoms with E-state index in [1.54, 1.807) is 6.92 Å². The molecule has 8 atom stereocenters. The number of fused-ring (bicyclic) bond motifs is 5. The van der Waals surface area contributed by atoms with E-state index in [0.717, 1.165) is 6.42 Å². The Morgan fingerprint density at radius 3 is 2.43 bits per heavy atom. The topological polar surface area (TPSA) is 93.1 Å². The molecule has 160 valence electrons. The van der Waals surface area contributed by atoms with Crippen LogP contribution in [-0.4, -0.2) is 51.0 Å². The van der Waals surface area contributed by atoms with Crippen LogP contribution in [0.5, 0.6) is 0 Å². The second-order valence-corrected chi connectivity index (χ2v) is 10.3. The minimum Gasteiger partial charge on any atom is -0.459 e. The minimum atomic E-state index is -1.52. The van der Waals surface area contributed by atoms with Gasteiger partial charge in [-0.25, -0.2) is 0 Å². The summed E-state index contributed by atoms with van der Waals surface area (Å²) in [5.74, 6) is -0.0807. The Morgan fingerprint density at radius 2 is 1.86 bits per heavy atom. The molecule has 0 aromatic carbocycles. The lowest BCUT2D eigenvalue weighted by Gasteiger charge is -2.50. The number of Topliss-reactive ketones (excluding diaryl/α,β-unsaturated/α-hetero) is 1. The van der Waals surface area contributed by atoms with Gasteiger partial charge in [0.1, 0.15) is 11.2 Å². The first-order valence-corrected chi connectivity index (χ1v) is 10.6. The summed E-state index contributed by atoms with van der Waals surface area (Å²) in [5, 5.41) is 22.2. The Bertz CT molecular complexity index is 639. The van der Waals surface area contributed by atoms with Gasteiger partial charge in [0, 0.05) is 31.6 Å². The number of rotatable bonds is 2. The molecule has 3 fully saturated rings. The molecule has 0 aromatic heterocycles. The van der Waals surface area contributed by atoms with Crippen molar-refractivity contribution in [2.45, 2.75) is 103 Å². The number of carbonyl (C=O) groups is 2. The third kappa shape index (κ3) is 3.63. The zero-order valence-corrected chi connectivity index (χ0v) is 18.0. The molecule has 1 saturated carbocycles. The van der Waals surface area contributed by atoms with Crippen LogP contribution in [0.2, 0.25) is 0 Å². The molecule has 2 heterocycles. The van der Waals surface area contributed by atoms with Crippen LogP contribution in [0, 0.1) is 23.7 Å². The summed E-state index contributed by atoms with van der Waals surface area (Å²) >= 11 is 0. The molecule has 3 aliphatic rings.